The molecule has 3 atom stereocenters. The molecule has 0 aliphatic carbocycles. The highest BCUT2D eigenvalue weighted by molar-refractivity contribution is 5.83. The van der Waals surface area contributed by atoms with Gasteiger partial charge in [0, 0.05) is 37.4 Å². The number of nitrogens with one attached hydrogen (secondary N) is 5. The third kappa shape index (κ3) is 15.8. The van der Waals surface area contributed by atoms with E-state index in [1.165, 1.54) is 0 Å². The quantitative estimate of drug-likeness (QED) is 0.207. The minimum Gasteiger partial charge on any atom is -0.353 e. The van der Waals surface area contributed by atoms with Crippen LogP contribution in [0.15, 0.2) is 0 Å². The molecule has 0 saturated carbocycles. The van der Waals surface area contributed by atoms with Crippen LogP contribution in [0.4, 0.5) is 0 Å². The van der Waals surface area contributed by atoms with Gasteiger partial charge in [-0.1, -0.05) is 26.2 Å². The van der Waals surface area contributed by atoms with Gasteiger partial charge < -0.3 is 31.5 Å². The first-order chi connectivity index (χ1) is 16.9. The van der Waals surface area contributed by atoms with Gasteiger partial charge in [-0.25, -0.2) is 0 Å². The minimum absolute atomic E-state index is 0.0865. The Hall–Kier alpha value is -1.71. The predicted octanol–water partition coefficient (Wildman–Crippen LogP) is 1.53. The van der Waals surface area contributed by atoms with Gasteiger partial charge >= 0.3 is 0 Å². The van der Waals surface area contributed by atoms with Gasteiger partial charge in [-0.05, 0) is 85.8 Å². The maximum absolute atomic E-state index is 12.9. The van der Waals surface area contributed by atoms with Crippen LogP contribution in [0.25, 0.3) is 0 Å². The third-order valence-corrected chi connectivity index (χ3v) is 6.73. The summed E-state index contributed by atoms with van der Waals surface area (Å²) < 4.78 is 0. The van der Waals surface area contributed by atoms with E-state index in [1.54, 1.807) is 0 Å². The van der Waals surface area contributed by atoms with Crippen molar-refractivity contribution in [3.05, 3.63) is 0 Å². The lowest BCUT2D eigenvalue weighted by Gasteiger charge is -2.26. The van der Waals surface area contributed by atoms with Crippen LogP contribution in [0.2, 0.25) is 0 Å². The lowest BCUT2D eigenvalue weighted by atomic mass is 10.00. The highest BCUT2D eigenvalue weighted by Crippen LogP contribution is 2.13. The van der Waals surface area contributed by atoms with Crippen molar-refractivity contribution in [3.63, 3.8) is 0 Å². The maximum Gasteiger partial charge on any atom is 0.222 e. The van der Waals surface area contributed by atoms with Crippen molar-refractivity contribution >= 4 is 17.7 Å². The second-order valence-electron chi connectivity index (χ2n) is 10.00. The Morgan fingerprint density at radius 2 is 1.06 bits per heavy atom. The summed E-state index contributed by atoms with van der Waals surface area (Å²) in [7, 11) is 5.96. The van der Waals surface area contributed by atoms with Gasteiger partial charge in [0.1, 0.15) is 0 Å². The number of amides is 3. The van der Waals surface area contributed by atoms with Gasteiger partial charge in [-0.3, -0.25) is 14.4 Å². The molecule has 1 heterocycles. The van der Waals surface area contributed by atoms with Crippen molar-refractivity contribution in [3.8, 4) is 0 Å². The van der Waals surface area contributed by atoms with Crippen LogP contribution in [0.5, 0.6) is 0 Å². The SMILES string of the molecule is CCN(C)CCCCC1CC(=O)NC(CCCCNC)CC(=O)NC(CCCCNC)CC(=O)N1. The standard InChI is InChI=1S/C26H52N6O3/c1-5-32(4)17-11-8-14-23-20-26(35)30-21(12-6-9-15-27-2)18-24(33)29-22(19-25(34)31-23)13-7-10-16-28-3/h21-23,27-28H,5-20H2,1-4H3,(H,29,33)(H,30,35)(H,31,34). The molecule has 1 rings (SSSR count). The molecule has 0 aromatic heterocycles. The molecule has 9 nitrogen and oxygen atoms in total. The van der Waals surface area contributed by atoms with Crippen LogP contribution in [0, 0.1) is 0 Å². The van der Waals surface area contributed by atoms with Crippen LogP contribution in [-0.2, 0) is 14.4 Å². The van der Waals surface area contributed by atoms with Crippen molar-refractivity contribution < 1.29 is 14.4 Å². The topological polar surface area (TPSA) is 115 Å². The van der Waals surface area contributed by atoms with Crippen molar-refractivity contribution in [2.75, 3.05) is 47.3 Å². The van der Waals surface area contributed by atoms with Gasteiger partial charge in [0.15, 0.2) is 0 Å². The van der Waals surface area contributed by atoms with Crippen molar-refractivity contribution in [1.82, 2.24) is 31.5 Å². The first kappa shape index (κ1) is 31.3. The number of rotatable bonds is 16. The first-order valence-electron chi connectivity index (χ1n) is 13.7. The summed E-state index contributed by atoms with van der Waals surface area (Å²) in [6.45, 7) is 6.00. The van der Waals surface area contributed by atoms with Crippen LogP contribution < -0.4 is 26.6 Å². The first-order valence-corrected chi connectivity index (χ1v) is 13.7. The van der Waals surface area contributed by atoms with E-state index in [-0.39, 0.29) is 55.1 Å². The molecule has 0 aromatic carbocycles. The fourth-order valence-corrected chi connectivity index (χ4v) is 4.52. The summed E-state index contributed by atoms with van der Waals surface area (Å²) in [6, 6.07) is -0.545. The highest BCUT2D eigenvalue weighted by atomic mass is 16.2. The van der Waals surface area contributed by atoms with Gasteiger partial charge in [0.25, 0.3) is 0 Å². The summed E-state index contributed by atoms with van der Waals surface area (Å²) in [5.74, 6) is -0.263. The van der Waals surface area contributed by atoms with Gasteiger partial charge in [-0.15, -0.1) is 0 Å². The molecule has 1 fully saturated rings. The summed E-state index contributed by atoms with van der Waals surface area (Å²) in [5, 5.41) is 15.6. The summed E-state index contributed by atoms with van der Waals surface area (Å²) in [5.41, 5.74) is 0. The molecule has 9 heteroatoms. The normalized spacial score (nSPS) is 22.2. The molecule has 3 amide bonds. The van der Waals surface area contributed by atoms with E-state index in [1.807, 2.05) is 14.1 Å². The summed E-state index contributed by atoms with van der Waals surface area (Å²) in [6.07, 6.45) is 8.99. The van der Waals surface area contributed by atoms with Gasteiger partial charge in [-0.2, -0.15) is 0 Å². The smallest absolute Gasteiger partial charge is 0.222 e. The van der Waals surface area contributed by atoms with Crippen LogP contribution >= 0.6 is 0 Å². The Morgan fingerprint density at radius 1 is 0.686 bits per heavy atom. The number of carbonyl (C=O) groups excluding carboxylic acids is 3. The van der Waals surface area contributed by atoms with Crippen LogP contribution in [-0.4, -0.2) is 88.1 Å². The zero-order chi connectivity index (χ0) is 25.9. The monoisotopic (exact) mass is 496 g/mol. The molecule has 0 spiro atoms. The van der Waals surface area contributed by atoms with Gasteiger partial charge in [0.2, 0.25) is 17.7 Å². The second kappa shape index (κ2) is 19.5. The maximum atomic E-state index is 12.9. The molecule has 0 radical (unpaired) electrons. The van der Waals surface area contributed by atoms with Crippen molar-refractivity contribution in [1.29, 1.82) is 0 Å². The lowest BCUT2D eigenvalue weighted by Crippen LogP contribution is -2.48. The Bertz CT molecular complexity index is 564. The zero-order valence-corrected chi connectivity index (χ0v) is 22.7. The summed E-state index contributed by atoms with van der Waals surface area (Å²) >= 11 is 0. The molecular formula is C26H52N6O3. The Balaban J connectivity index is 2.83. The van der Waals surface area contributed by atoms with E-state index in [0.717, 1.165) is 84.0 Å². The average Bonchev–Trinajstić information content (AvgIpc) is 2.80. The van der Waals surface area contributed by atoms with Crippen LogP contribution in [0.1, 0.15) is 84.0 Å². The van der Waals surface area contributed by atoms with E-state index in [9.17, 15) is 14.4 Å². The molecule has 1 saturated heterocycles. The average molecular weight is 497 g/mol. The van der Waals surface area contributed by atoms with E-state index in [4.69, 9.17) is 0 Å². The lowest BCUT2D eigenvalue weighted by molar-refractivity contribution is -0.126. The highest BCUT2D eigenvalue weighted by Gasteiger charge is 2.25. The number of carbonyl (C=O) groups is 3. The van der Waals surface area contributed by atoms with E-state index in [0.29, 0.717) is 0 Å². The molecule has 35 heavy (non-hydrogen) atoms. The molecule has 204 valence electrons. The third-order valence-electron chi connectivity index (χ3n) is 6.73. The largest absolute Gasteiger partial charge is 0.353 e. The predicted molar refractivity (Wildman–Crippen MR) is 142 cm³/mol. The molecule has 0 bridgehead atoms. The Labute approximate surface area is 213 Å². The molecule has 3 unspecified atom stereocenters. The van der Waals surface area contributed by atoms with E-state index in [2.05, 4.69) is 45.5 Å². The molecular weight excluding hydrogens is 444 g/mol. The fraction of sp³-hybridized carbons (Fsp3) is 0.885. The molecule has 1 aliphatic rings. The van der Waals surface area contributed by atoms with Crippen LogP contribution in [0.3, 0.4) is 0 Å². The second-order valence-corrected chi connectivity index (χ2v) is 10.00. The Morgan fingerprint density at radius 3 is 1.40 bits per heavy atom. The van der Waals surface area contributed by atoms with Gasteiger partial charge in [0.05, 0.1) is 0 Å². The zero-order valence-electron chi connectivity index (χ0n) is 22.7. The van der Waals surface area contributed by atoms with Crippen molar-refractivity contribution in [2.24, 2.45) is 0 Å². The summed E-state index contributed by atoms with van der Waals surface area (Å²) in [4.78, 5) is 40.8. The molecule has 5 N–H and O–H groups in total. The minimum atomic E-state index is -0.182. The number of unbranched alkanes of at least 4 members (excludes halogenated alkanes) is 3. The van der Waals surface area contributed by atoms with E-state index >= 15 is 0 Å². The number of hydrogen-bond acceptors (Lipinski definition) is 6. The number of nitrogens with zero attached hydrogens (tertiary/aromatic N) is 1. The Kier molecular flexibility index (Phi) is 17.4. The number of hydrogen-bond donors (Lipinski definition) is 5. The fourth-order valence-electron chi connectivity index (χ4n) is 4.52. The molecule has 1 aliphatic heterocycles. The molecule has 0 aromatic rings. The van der Waals surface area contributed by atoms with E-state index < -0.39 is 0 Å². The van der Waals surface area contributed by atoms with Crippen molar-refractivity contribution in [2.45, 2.75) is 102 Å².